The number of hydrogen-bond acceptors (Lipinski definition) is 5. The van der Waals surface area contributed by atoms with Crippen molar-refractivity contribution in [2.24, 2.45) is 0 Å². The lowest BCUT2D eigenvalue weighted by atomic mass is 10.1. The molecule has 1 unspecified atom stereocenters. The van der Waals surface area contributed by atoms with Crippen LogP contribution in [-0.2, 0) is 17.8 Å². The highest BCUT2D eigenvalue weighted by atomic mass is 35.5. The van der Waals surface area contributed by atoms with Crippen LogP contribution < -0.4 is 9.04 Å². The second kappa shape index (κ2) is 9.97. The third-order valence-corrected chi connectivity index (χ3v) is 6.48. The fourth-order valence-electron chi connectivity index (χ4n) is 3.73. The number of amides is 1. The van der Waals surface area contributed by atoms with Crippen LogP contribution in [0.1, 0.15) is 34.2 Å². The number of ether oxygens (including phenoxy) is 1. The van der Waals surface area contributed by atoms with Gasteiger partial charge >= 0.3 is 0 Å². The number of hydrogen-bond donors (Lipinski definition) is 0. The Bertz CT molecular complexity index is 1390. The molecular formula is C25H23ClN3O4S-. The number of imidazole rings is 1. The van der Waals surface area contributed by atoms with E-state index in [2.05, 4.69) is 4.98 Å². The molecule has 0 N–H and O–H groups in total. The summed E-state index contributed by atoms with van der Waals surface area (Å²) in [7, 11) is 0. The predicted molar refractivity (Wildman–Crippen MR) is 133 cm³/mol. The zero-order chi connectivity index (χ0) is 24.4. The summed E-state index contributed by atoms with van der Waals surface area (Å²) in [6.45, 7) is 6.64. The summed E-state index contributed by atoms with van der Waals surface area (Å²) in [6.07, 6.45) is 0. The van der Waals surface area contributed by atoms with Gasteiger partial charge in [0, 0.05) is 10.6 Å². The summed E-state index contributed by atoms with van der Waals surface area (Å²) >= 11 is 3.70. The Morgan fingerprint density at radius 2 is 1.85 bits per heavy atom. The van der Waals surface area contributed by atoms with Gasteiger partial charge in [0.1, 0.15) is 11.6 Å². The van der Waals surface area contributed by atoms with Gasteiger partial charge < -0.3 is 13.9 Å². The molecule has 0 bridgehead atoms. The van der Waals surface area contributed by atoms with Gasteiger partial charge in [-0.2, -0.15) is 0 Å². The Morgan fingerprint density at radius 1 is 1.12 bits per heavy atom. The zero-order valence-corrected chi connectivity index (χ0v) is 20.5. The molecule has 1 amide bonds. The highest BCUT2D eigenvalue weighted by Crippen LogP contribution is 2.27. The average molecular weight is 497 g/mol. The van der Waals surface area contributed by atoms with Crippen LogP contribution >= 0.6 is 11.6 Å². The summed E-state index contributed by atoms with van der Waals surface area (Å²) in [5.41, 5.74) is 3.73. The van der Waals surface area contributed by atoms with Crippen LogP contribution in [0.3, 0.4) is 0 Å². The maximum atomic E-state index is 13.2. The molecule has 0 aliphatic rings. The third-order valence-electron chi connectivity index (χ3n) is 5.45. The molecule has 34 heavy (non-hydrogen) atoms. The average Bonchev–Trinajstić information content (AvgIpc) is 3.11. The van der Waals surface area contributed by atoms with Crippen molar-refractivity contribution >= 4 is 45.5 Å². The highest BCUT2D eigenvalue weighted by molar-refractivity contribution is 7.81. The van der Waals surface area contributed by atoms with Crippen molar-refractivity contribution in [1.29, 1.82) is 0 Å². The lowest BCUT2D eigenvalue weighted by Crippen LogP contribution is -2.32. The van der Waals surface area contributed by atoms with E-state index in [1.165, 1.54) is 0 Å². The standard InChI is InChI=1S/C25H24ClN3O4S/c1-4-33-21-11-7-19(22(26)14-21)15-28-17(3)27-23-12-8-18(13-24(23)28)25(30)29(34(31)32)20-9-5-16(2)6-10-20/h5-14H,4,15H2,1-3H3,(H,31,32)/p-1. The molecule has 7 nitrogen and oxygen atoms in total. The maximum Gasteiger partial charge on any atom is 0.269 e. The van der Waals surface area contributed by atoms with Gasteiger partial charge in [-0.15, -0.1) is 0 Å². The van der Waals surface area contributed by atoms with Crippen molar-refractivity contribution in [1.82, 2.24) is 9.55 Å². The van der Waals surface area contributed by atoms with Crippen molar-refractivity contribution < 1.29 is 18.3 Å². The van der Waals surface area contributed by atoms with Gasteiger partial charge in [0.05, 0.1) is 41.1 Å². The number of aromatic nitrogens is 2. The first-order valence-electron chi connectivity index (χ1n) is 10.7. The van der Waals surface area contributed by atoms with Gasteiger partial charge in [0.25, 0.3) is 5.91 Å². The summed E-state index contributed by atoms with van der Waals surface area (Å²) in [5.74, 6) is 0.786. The van der Waals surface area contributed by atoms with E-state index >= 15 is 0 Å². The van der Waals surface area contributed by atoms with Crippen LogP contribution in [-0.4, -0.2) is 30.8 Å². The first-order valence-corrected chi connectivity index (χ1v) is 12.1. The maximum absolute atomic E-state index is 13.2. The van der Waals surface area contributed by atoms with Gasteiger partial charge in [-0.25, -0.2) is 9.29 Å². The molecule has 0 saturated heterocycles. The Morgan fingerprint density at radius 3 is 2.50 bits per heavy atom. The minimum atomic E-state index is -2.78. The largest absolute Gasteiger partial charge is 0.755 e. The third kappa shape index (κ3) is 4.84. The summed E-state index contributed by atoms with van der Waals surface area (Å²) in [4.78, 5) is 17.8. The Hall–Kier alpha value is -3.20. The second-order valence-electron chi connectivity index (χ2n) is 7.79. The molecule has 3 aromatic carbocycles. The minimum Gasteiger partial charge on any atom is -0.755 e. The van der Waals surface area contributed by atoms with Gasteiger partial charge in [-0.3, -0.25) is 9.00 Å². The number of anilines is 1. The number of aryl methyl sites for hydroxylation is 2. The van der Waals surface area contributed by atoms with Crippen LogP contribution in [0.2, 0.25) is 5.02 Å². The summed E-state index contributed by atoms with van der Waals surface area (Å²) < 4.78 is 32.1. The topological polar surface area (TPSA) is 87.5 Å². The number of rotatable bonds is 7. The van der Waals surface area contributed by atoms with Crippen LogP contribution in [0.15, 0.2) is 60.7 Å². The molecule has 0 aliphatic carbocycles. The van der Waals surface area contributed by atoms with E-state index in [1.54, 1.807) is 48.5 Å². The van der Waals surface area contributed by atoms with Crippen molar-refractivity contribution in [2.45, 2.75) is 27.3 Å². The van der Waals surface area contributed by atoms with E-state index in [4.69, 9.17) is 16.3 Å². The first-order chi connectivity index (χ1) is 16.3. The molecule has 0 radical (unpaired) electrons. The molecule has 0 fully saturated rings. The zero-order valence-electron chi connectivity index (χ0n) is 18.9. The molecule has 1 atom stereocenters. The molecule has 1 heterocycles. The van der Waals surface area contributed by atoms with Crippen molar-refractivity contribution in [2.75, 3.05) is 10.9 Å². The van der Waals surface area contributed by atoms with E-state index in [9.17, 15) is 13.6 Å². The normalized spacial score (nSPS) is 12.0. The molecule has 1 aromatic heterocycles. The van der Waals surface area contributed by atoms with E-state index in [0.29, 0.717) is 35.0 Å². The van der Waals surface area contributed by atoms with Gasteiger partial charge in [-0.1, -0.05) is 35.4 Å². The van der Waals surface area contributed by atoms with Crippen LogP contribution in [0.4, 0.5) is 5.69 Å². The molecule has 4 rings (SSSR count). The quantitative estimate of drug-likeness (QED) is 0.328. The van der Waals surface area contributed by atoms with Gasteiger partial charge in [0.2, 0.25) is 0 Å². The van der Waals surface area contributed by atoms with Crippen LogP contribution in [0.5, 0.6) is 5.75 Å². The Kier molecular flexibility index (Phi) is 7.02. The second-order valence-corrected chi connectivity index (χ2v) is 8.99. The number of nitrogens with zero attached hydrogens (tertiary/aromatic N) is 3. The molecule has 9 heteroatoms. The number of carbonyl (C=O) groups excluding carboxylic acids is 1. The van der Waals surface area contributed by atoms with Crippen LogP contribution in [0.25, 0.3) is 11.0 Å². The molecule has 4 aromatic rings. The number of benzene rings is 3. The first kappa shape index (κ1) is 23.9. The van der Waals surface area contributed by atoms with Gasteiger partial charge in [-0.05, 0) is 68.8 Å². The molecule has 176 valence electrons. The molecule has 0 spiro atoms. The SMILES string of the molecule is CCOc1ccc(Cn2c(C)nc3ccc(C(=O)N(c4ccc(C)cc4)S(=O)[O-])cc32)c(Cl)c1. The number of halogens is 1. The van der Waals surface area contributed by atoms with E-state index < -0.39 is 17.2 Å². The van der Waals surface area contributed by atoms with E-state index in [1.807, 2.05) is 37.5 Å². The fourth-order valence-corrected chi connectivity index (χ4v) is 4.49. The number of fused-ring (bicyclic) bond motifs is 1. The fraction of sp³-hybridized carbons (Fsp3) is 0.200. The smallest absolute Gasteiger partial charge is 0.269 e. The molecule has 0 aliphatic heterocycles. The summed E-state index contributed by atoms with van der Waals surface area (Å²) in [6, 6.07) is 17.2. The summed E-state index contributed by atoms with van der Waals surface area (Å²) in [5, 5.41) is 0.562. The van der Waals surface area contributed by atoms with Crippen molar-refractivity contribution in [3.05, 3.63) is 88.2 Å². The lowest BCUT2D eigenvalue weighted by Gasteiger charge is -2.24. The molecule has 0 saturated carbocycles. The lowest BCUT2D eigenvalue weighted by molar-refractivity contribution is 0.100. The van der Waals surface area contributed by atoms with E-state index in [0.717, 1.165) is 21.3 Å². The Balaban J connectivity index is 1.71. The van der Waals surface area contributed by atoms with Crippen molar-refractivity contribution in [3.8, 4) is 5.75 Å². The van der Waals surface area contributed by atoms with Crippen molar-refractivity contribution in [3.63, 3.8) is 0 Å². The molecular weight excluding hydrogens is 474 g/mol. The van der Waals surface area contributed by atoms with Crippen LogP contribution in [0, 0.1) is 13.8 Å². The highest BCUT2D eigenvalue weighted by Gasteiger charge is 2.21. The number of carbonyl (C=O) groups is 1. The minimum absolute atomic E-state index is 0.233. The monoisotopic (exact) mass is 496 g/mol. The Labute approximate surface area is 205 Å². The van der Waals surface area contributed by atoms with E-state index in [-0.39, 0.29) is 11.3 Å². The predicted octanol–water partition coefficient (Wildman–Crippen LogP) is 5.19. The van der Waals surface area contributed by atoms with Gasteiger partial charge in [0.15, 0.2) is 0 Å².